The summed E-state index contributed by atoms with van der Waals surface area (Å²) in [5.41, 5.74) is 5.61. The predicted octanol–water partition coefficient (Wildman–Crippen LogP) is 4.97. The van der Waals surface area contributed by atoms with E-state index >= 15 is 0 Å². The summed E-state index contributed by atoms with van der Waals surface area (Å²) in [4.78, 5) is 4.87. The number of fused-ring (bicyclic) bond motifs is 2. The second-order valence-corrected chi connectivity index (χ2v) is 9.29. The third-order valence-corrected chi connectivity index (χ3v) is 6.97. The first-order chi connectivity index (χ1) is 13.2. The monoisotopic (exact) mass is 398 g/mol. The van der Waals surface area contributed by atoms with E-state index in [0.717, 1.165) is 43.7 Å². The van der Waals surface area contributed by atoms with Gasteiger partial charge in [-0.15, -0.1) is 11.3 Å². The van der Waals surface area contributed by atoms with Crippen molar-refractivity contribution >= 4 is 38.7 Å². The Balaban J connectivity index is 1.52. The zero-order chi connectivity index (χ0) is 18.4. The SMILES string of the molecule is CN1Cc2cc(N3CCOCC3)ccc2C(c2ccc3sc(Cl)cc3c2)C1. The fourth-order valence-electron chi connectivity index (χ4n) is 4.38. The number of benzene rings is 2. The Labute approximate surface area is 169 Å². The number of hydrogen-bond donors (Lipinski definition) is 0. The zero-order valence-electron chi connectivity index (χ0n) is 15.5. The molecular weight excluding hydrogens is 376 g/mol. The van der Waals surface area contributed by atoms with Crippen LogP contribution in [0.5, 0.6) is 0 Å². The molecule has 2 aliphatic heterocycles. The maximum atomic E-state index is 6.21. The van der Waals surface area contributed by atoms with E-state index in [1.165, 1.54) is 32.5 Å². The van der Waals surface area contributed by atoms with Crippen molar-refractivity contribution in [3.8, 4) is 0 Å². The van der Waals surface area contributed by atoms with Gasteiger partial charge >= 0.3 is 0 Å². The first kappa shape index (κ1) is 17.5. The summed E-state index contributed by atoms with van der Waals surface area (Å²) in [7, 11) is 2.22. The smallest absolute Gasteiger partial charge is 0.0940 e. The van der Waals surface area contributed by atoms with Crippen LogP contribution in [0.4, 0.5) is 5.69 Å². The Bertz CT molecular complexity index is 980. The maximum absolute atomic E-state index is 6.21. The predicted molar refractivity (Wildman–Crippen MR) is 114 cm³/mol. The molecule has 1 aromatic heterocycles. The van der Waals surface area contributed by atoms with Crippen LogP contribution in [0.15, 0.2) is 42.5 Å². The number of likely N-dealkylation sites (N-methyl/N-ethyl adjacent to an activating group) is 1. The van der Waals surface area contributed by atoms with E-state index in [0.29, 0.717) is 5.92 Å². The van der Waals surface area contributed by atoms with Crippen molar-refractivity contribution in [3.05, 3.63) is 63.5 Å². The number of rotatable bonds is 2. The van der Waals surface area contributed by atoms with Crippen molar-refractivity contribution in [2.24, 2.45) is 0 Å². The number of hydrogen-bond acceptors (Lipinski definition) is 4. The number of nitrogens with zero attached hydrogens (tertiary/aromatic N) is 2. The first-order valence-electron chi connectivity index (χ1n) is 9.50. The summed E-state index contributed by atoms with van der Waals surface area (Å²) in [5.74, 6) is 0.403. The van der Waals surface area contributed by atoms with Crippen LogP contribution in [0, 0.1) is 0 Å². The highest BCUT2D eigenvalue weighted by Crippen LogP contribution is 2.38. The molecule has 0 saturated carbocycles. The number of ether oxygens (including phenoxy) is 1. The molecule has 5 heteroatoms. The fourth-order valence-corrected chi connectivity index (χ4v) is 5.52. The summed E-state index contributed by atoms with van der Waals surface area (Å²) in [5, 5.41) is 1.25. The largest absolute Gasteiger partial charge is 0.378 e. The minimum absolute atomic E-state index is 0.403. The lowest BCUT2D eigenvalue weighted by Gasteiger charge is -2.35. The molecule has 0 amide bonds. The molecule has 2 aromatic carbocycles. The highest BCUT2D eigenvalue weighted by molar-refractivity contribution is 7.22. The molecule has 3 aromatic rings. The van der Waals surface area contributed by atoms with Crippen LogP contribution in [0.1, 0.15) is 22.6 Å². The normalized spacial score (nSPS) is 20.8. The van der Waals surface area contributed by atoms with E-state index in [1.807, 2.05) is 0 Å². The van der Waals surface area contributed by atoms with Crippen LogP contribution >= 0.6 is 22.9 Å². The van der Waals surface area contributed by atoms with Crippen LogP contribution in [0.3, 0.4) is 0 Å². The molecule has 1 fully saturated rings. The Kier molecular flexibility index (Phi) is 4.60. The average molecular weight is 399 g/mol. The van der Waals surface area contributed by atoms with Crippen molar-refractivity contribution in [1.82, 2.24) is 4.90 Å². The average Bonchev–Trinajstić information content (AvgIpc) is 3.06. The second-order valence-electron chi connectivity index (χ2n) is 7.58. The molecule has 1 atom stereocenters. The molecule has 140 valence electrons. The van der Waals surface area contributed by atoms with Crippen molar-refractivity contribution in [1.29, 1.82) is 0 Å². The van der Waals surface area contributed by atoms with Gasteiger partial charge < -0.3 is 14.5 Å². The number of halogens is 1. The van der Waals surface area contributed by atoms with Gasteiger partial charge in [0, 0.05) is 42.5 Å². The lowest BCUT2D eigenvalue weighted by molar-refractivity contribution is 0.122. The molecule has 0 N–H and O–H groups in total. The second kappa shape index (κ2) is 7.10. The topological polar surface area (TPSA) is 15.7 Å². The van der Waals surface area contributed by atoms with Gasteiger partial charge in [-0.3, -0.25) is 0 Å². The summed E-state index contributed by atoms with van der Waals surface area (Å²) < 4.78 is 7.62. The molecule has 5 rings (SSSR count). The highest BCUT2D eigenvalue weighted by Gasteiger charge is 2.26. The van der Waals surface area contributed by atoms with Gasteiger partial charge in [-0.25, -0.2) is 0 Å². The lowest BCUT2D eigenvalue weighted by atomic mass is 9.84. The molecule has 1 unspecified atom stereocenters. The van der Waals surface area contributed by atoms with E-state index in [1.54, 1.807) is 11.3 Å². The zero-order valence-corrected chi connectivity index (χ0v) is 17.0. The molecule has 27 heavy (non-hydrogen) atoms. The minimum atomic E-state index is 0.403. The third kappa shape index (κ3) is 3.36. The number of thiophene rings is 1. The summed E-state index contributed by atoms with van der Waals surface area (Å²) in [6, 6.07) is 15.9. The maximum Gasteiger partial charge on any atom is 0.0940 e. The van der Waals surface area contributed by atoms with Crippen LogP contribution in [0.2, 0.25) is 4.34 Å². The standard InChI is InChI=1S/C22H23ClN2OS/c1-24-13-17-11-18(25-6-8-26-9-7-25)3-4-19(17)20(14-24)15-2-5-21-16(10-15)12-22(23)27-21/h2-5,10-12,20H,6-9,13-14H2,1H3. The summed E-state index contributed by atoms with van der Waals surface area (Å²) in [6.45, 7) is 5.66. The first-order valence-corrected chi connectivity index (χ1v) is 10.7. The van der Waals surface area contributed by atoms with Gasteiger partial charge in [-0.1, -0.05) is 23.7 Å². The highest BCUT2D eigenvalue weighted by atomic mass is 35.5. The van der Waals surface area contributed by atoms with Gasteiger partial charge in [0.2, 0.25) is 0 Å². The molecule has 0 radical (unpaired) electrons. The Morgan fingerprint density at radius 1 is 1.07 bits per heavy atom. The summed E-state index contributed by atoms with van der Waals surface area (Å²) in [6.07, 6.45) is 0. The molecule has 1 saturated heterocycles. The molecule has 0 spiro atoms. The molecule has 3 heterocycles. The van der Waals surface area contributed by atoms with E-state index < -0.39 is 0 Å². The molecule has 3 nitrogen and oxygen atoms in total. The summed E-state index contributed by atoms with van der Waals surface area (Å²) >= 11 is 7.86. The van der Waals surface area contributed by atoms with Crippen molar-refractivity contribution in [3.63, 3.8) is 0 Å². The van der Waals surface area contributed by atoms with Gasteiger partial charge in [0.1, 0.15) is 0 Å². The van der Waals surface area contributed by atoms with E-state index in [-0.39, 0.29) is 0 Å². The van der Waals surface area contributed by atoms with Crippen molar-refractivity contribution in [2.75, 3.05) is 44.8 Å². The van der Waals surface area contributed by atoms with Gasteiger partial charge in [-0.2, -0.15) is 0 Å². The van der Waals surface area contributed by atoms with Crippen LogP contribution in [-0.4, -0.2) is 44.8 Å². The van der Waals surface area contributed by atoms with Crippen LogP contribution < -0.4 is 4.90 Å². The van der Waals surface area contributed by atoms with Gasteiger partial charge in [-0.05, 0) is 59.5 Å². The fraction of sp³-hybridized carbons (Fsp3) is 0.364. The van der Waals surface area contributed by atoms with Gasteiger partial charge in [0.15, 0.2) is 0 Å². The molecular formula is C22H23ClN2OS. The third-order valence-electron chi connectivity index (χ3n) is 5.73. The molecule has 2 aliphatic rings. The minimum Gasteiger partial charge on any atom is -0.378 e. The van der Waals surface area contributed by atoms with Crippen LogP contribution in [-0.2, 0) is 11.3 Å². The van der Waals surface area contributed by atoms with E-state index in [9.17, 15) is 0 Å². The Hall–Kier alpha value is -1.59. The molecule has 0 aliphatic carbocycles. The lowest BCUT2D eigenvalue weighted by Crippen LogP contribution is -2.36. The van der Waals surface area contributed by atoms with Gasteiger partial charge in [0.05, 0.1) is 17.6 Å². The van der Waals surface area contributed by atoms with Gasteiger partial charge in [0.25, 0.3) is 0 Å². The van der Waals surface area contributed by atoms with Crippen molar-refractivity contribution < 1.29 is 4.74 Å². The van der Waals surface area contributed by atoms with E-state index in [2.05, 4.69) is 59.3 Å². The van der Waals surface area contributed by atoms with E-state index in [4.69, 9.17) is 16.3 Å². The Morgan fingerprint density at radius 3 is 2.78 bits per heavy atom. The van der Waals surface area contributed by atoms with Crippen LogP contribution in [0.25, 0.3) is 10.1 Å². The molecule has 0 bridgehead atoms. The quantitative estimate of drug-likeness (QED) is 0.606. The van der Waals surface area contributed by atoms with Crippen molar-refractivity contribution in [2.45, 2.75) is 12.5 Å². The number of anilines is 1. The Morgan fingerprint density at radius 2 is 1.93 bits per heavy atom. The number of morpholine rings is 1.